The number of hydrogen-bond acceptors (Lipinski definition) is 4. The molecule has 0 aliphatic carbocycles. The van der Waals surface area contributed by atoms with Gasteiger partial charge in [-0.2, -0.15) is 0 Å². The lowest BCUT2D eigenvalue weighted by atomic mass is 10.2. The van der Waals surface area contributed by atoms with E-state index in [1.165, 1.54) is 0 Å². The fraction of sp³-hybridized carbons (Fsp3) is 0.267. The van der Waals surface area contributed by atoms with Gasteiger partial charge in [0.15, 0.2) is 0 Å². The normalized spacial score (nSPS) is 10.3. The SMILES string of the molecule is COc1ccccc1N(CCCN)c1ccc(Cl)cn1. The van der Waals surface area contributed by atoms with Crippen molar-refractivity contribution in [1.29, 1.82) is 0 Å². The highest BCUT2D eigenvalue weighted by atomic mass is 35.5. The fourth-order valence-electron chi connectivity index (χ4n) is 1.99. The third-order valence-corrected chi connectivity index (χ3v) is 3.17. The number of nitrogens with zero attached hydrogens (tertiary/aromatic N) is 2. The summed E-state index contributed by atoms with van der Waals surface area (Å²) in [6.45, 7) is 1.39. The van der Waals surface area contributed by atoms with Crippen LogP contribution < -0.4 is 15.4 Å². The van der Waals surface area contributed by atoms with Crippen molar-refractivity contribution < 1.29 is 4.74 Å². The maximum absolute atomic E-state index is 5.90. The average Bonchev–Trinajstić information content (AvgIpc) is 2.50. The number of aromatic nitrogens is 1. The first-order valence-electron chi connectivity index (χ1n) is 6.48. The van der Waals surface area contributed by atoms with Crippen LogP contribution in [0.3, 0.4) is 0 Å². The largest absolute Gasteiger partial charge is 0.495 e. The van der Waals surface area contributed by atoms with Gasteiger partial charge < -0.3 is 15.4 Å². The van der Waals surface area contributed by atoms with Crippen LogP contribution >= 0.6 is 11.6 Å². The van der Waals surface area contributed by atoms with Crippen molar-refractivity contribution in [3.8, 4) is 5.75 Å². The summed E-state index contributed by atoms with van der Waals surface area (Å²) in [5, 5.41) is 0.618. The zero-order valence-electron chi connectivity index (χ0n) is 11.4. The Hall–Kier alpha value is -1.78. The molecule has 0 fully saturated rings. The number of halogens is 1. The van der Waals surface area contributed by atoms with Gasteiger partial charge in [-0.15, -0.1) is 0 Å². The monoisotopic (exact) mass is 291 g/mol. The van der Waals surface area contributed by atoms with Crippen LogP contribution in [0.1, 0.15) is 6.42 Å². The van der Waals surface area contributed by atoms with Crippen molar-refractivity contribution in [2.75, 3.05) is 25.1 Å². The number of nitrogens with two attached hydrogens (primary N) is 1. The molecule has 0 bridgehead atoms. The van der Waals surface area contributed by atoms with Crippen LogP contribution in [0.2, 0.25) is 5.02 Å². The Morgan fingerprint density at radius 2 is 2.05 bits per heavy atom. The molecule has 106 valence electrons. The second-order valence-electron chi connectivity index (χ2n) is 4.30. The van der Waals surface area contributed by atoms with E-state index in [-0.39, 0.29) is 0 Å². The molecular weight excluding hydrogens is 274 g/mol. The molecule has 1 heterocycles. The van der Waals surface area contributed by atoms with Crippen LogP contribution in [0.25, 0.3) is 0 Å². The van der Waals surface area contributed by atoms with Crippen LogP contribution in [0.4, 0.5) is 11.5 Å². The van der Waals surface area contributed by atoms with Crippen molar-refractivity contribution in [3.63, 3.8) is 0 Å². The Morgan fingerprint density at radius 1 is 1.25 bits per heavy atom. The molecule has 0 spiro atoms. The molecule has 0 atom stereocenters. The fourth-order valence-corrected chi connectivity index (χ4v) is 2.10. The summed E-state index contributed by atoms with van der Waals surface area (Å²) in [4.78, 5) is 6.47. The predicted octanol–water partition coefficient (Wildman–Crippen LogP) is 3.23. The molecule has 4 nitrogen and oxygen atoms in total. The molecule has 1 aromatic carbocycles. The first-order chi connectivity index (χ1) is 9.76. The Bertz CT molecular complexity index is 545. The van der Waals surface area contributed by atoms with Gasteiger partial charge in [-0.3, -0.25) is 0 Å². The summed E-state index contributed by atoms with van der Waals surface area (Å²) in [6, 6.07) is 11.6. The van der Waals surface area contributed by atoms with E-state index in [1.54, 1.807) is 13.3 Å². The lowest BCUT2D eigenvalue weighted by Crippen LogP contribution is -2.22. The van der Waals surface area contributed by atoms with Crippen LogP contribution in [-0.4, -0.2) is 25.2 Å². The highest BCUT2D eigenvalue weighted by molar-refractivity contribution is 6.30. The molecule has 1 aromatic heterocycles. The Labute approximate surface area is 124 Å². The second-order valence-corrected chi connectivity index (χ2v) is 4.74. The highest BCUT2D eigenvalue weighted by Gasteiger charge is 2.14. The number of pyridine rings is 1. The number of ether oxygens (including phenoxy) is 1. The molecular formula is C15H18ClN3O. The van der Waals surface area contributed by atoms with E-state index in [9.17, 15) is 0 Å². The van der Waals surface area contributed by atoms with Gasteiger partial charge in [0.2, 0.25) is 0 Å². The summed E-state index contributed by atoms with van der Waals surface area (Å²) in [5.41, 5.74) is 6.60. The molecule has 0 saturated heterocycles. The number of anilines is 2. The molecule has 20 heavy (non-hydrogen) atoms. The number of methoxy groups -OCH3 is 1. The summed E-state index contributed by atoms with van der Waals surface area (Å²) < 4.78 is 5.42. The summed E-state index contributed by atoms with van der Waals surface area (Å²) >= 11 is 5.90. The summed E-state index contributed by atoms with van der Waals surface area (Å²) in [6.07, 6.45) is 2.50. The first-order valence-corrected chi connectivity index (χ1v) is 6.86. The van der Waals surface area contributed by atoms with Gasteiger partial charge in [-0.05, 0) is 37.2 Å². The Kier molecular flexibility index (Phi) is 5.21. The van der Waals surface area contributed by atoms with Crippen molar-refractivity contribution in [2.45, 2.75) is 6.42 Å². The van der Waals surface area contributed by atoms with Gasteiger partial charge in [0, 0.05) is 12.7 Å². The van der Waals surface area contributed by atoms with Crippen molar-refractivity contribution >= 4 is 23.1 Å². The van der Waals surface area contributed by atoms with Crippen LogP contribution in [-0.2, 0) is 0 Å². The van der Waals surface area contributed by atoms with Crippen molar-refractivity contribution in [2.24, 2.45) is 5.73 Å². The Balaban J connectivity index is 2.38. The summed E-state index contributed by atoms with van der Waals surface area (Å²) in [7, 11) is 1.66. The van der Waals surface area contributed by atoms with Gasteiger partial charge in [0.25, 0.3) is 0 Å². The topological polar surface area (TPSA) is 51.4 Å². The van der Waals surface area contributed by atoms with Crippen molar-refractivity contribution in [1.82, 2.24) is 4.98 Å². The number of hydrogen-bond donors (Lipinski definition) is 1. The third-order valence-electron chi connectivity index (χ3n) is 2.95. The van der Waals surface area contributed by atoms with Crippen molar-refractivity contribution in [3.05, 3.63) is 47.6 Å². The van der Waals surface area contributed by atoms with Crippen LogP contribution in [0.5, 0.6) is 5.75 Å². The van der Waals surface area contributed by atoms with Gasteiger partial charge in [-0.1, -0.05) is 23.7 Å². The molecule has 0 amide bonds. The number of rotatable bonds is 6. The Morgan fingerprint density at radius 3 is 2.70 bits per heavy atom. The molecule has 0 radical (unpaired) electrons. The zero-order chi connectivity index (χ0) is 14.4. The summed E-state index contributed by atoms with van der Waals surface area (Å²) in [5.74, 6) is 1.63. The van der Waals surface area contributed by atoms with E-state index in [0.29, 0.717) is 11.6 Å². The van der Waals surface area contributed by atoms with E-state index in [1.807, 2.05) is 36.4 Å². The molecule has 0 aliphatic rings. The van der Waals surface area contributed by atoms with Crippen LogP contribution in [0, 0.1) is 0 Å². The van der Waals surface area contributed by atoms with Gasteiger partial charge in [-0.25, -0.2) is 4.98 Å². The minimum Gasteiger partial charge on any atom is -0.495 e. The molecule has 2 aromatic rings. The maximum atomic E-state index is 5.90. The van der Waals surface area contributed by atoms with E-state index >= 15 is 0 Å². The lowest BCUT2D eigenvalue weighted by molar-refractivity contribution is 0.415. The highest BCUT2D eigenvalue weighted by Crippen LogP contribution is 2.32. The van der Waals surface area contributed by atoms with Gasteiger partial charge in [0.1, 0.15) is 11.6 Å². The second kappa shape index (κ2) is 7.12. The van der Waals surface area contributed by atoms with E-state index in [0.717, 1.165) is 30.2 Å². The van der Waals surface area contributed by atoms with Crippen LogP contribution in [0.15, 0.2) is 42.6 Å². The van der Waals surface area contributed by atoms with E-state index < -0.39 is 0 Å². The minimum atomic E-state index is 0.618. The van der Waals surface area contributed by atoms with Gasteiger partial charge >= 0.3 is 0 Å². The molecule has 5 heteroatoms. The standard InChI is InChI=1S/C15H18ClN3O/c1-20-14-6-3-2-5-13(14)19(10-4-9-17)15-8-7-12(16)11-18-15/h2-3,5-8,11H,4,9-10,17H2,1H3. The minimum absolute atomic E-state index is 0.618. The smallest absolute Gasteiger partial charge is 0.142 e. The average molecular weight is 292 g/mol. The quantitative estimate of drug-likeness (QED) is 0.888. The van der Waals surface area contributed by atoms with Gasteiger partial charge in [0.05, 0.1) is 17.8 Å². The molecule has 0 aliphatic heterocycles. The predicted molar refractivity (Wildman–Crippen MR) is 82.9 cm³/mol. The zero-order valence-corrected chi connectivity index (χ0v) is 12.2. The molecule has 2 N–H and O–H groups in total. The molecule has 0 saturated carbocycles. The molecule has 2 rings (SSSR count). The number of benzene rings is 1. The number of para-hydroxylation sites is 2. The maximum Gasteiger partial charge on any atom is 0.142 e. The first kappa shape index (κ1) is 14.6. The lowest BCUT2D eigenvalue weighted by Gasteiger charge is -2.25. The molecule has 0 unspecified atom stereocenters. The van der Waals surface area contributed by atoms with E-state index in [2.05, 4.69) is 9.88 Å². The third kappa shape index (κ3) is 3.40. The van der Waals surface area contributed by atoms with E-state index in [4.69, 9.17) is 22.1 Å².